The molecule has 6 aromatic carbocycles. The van der Waals surface area contributed by atoms with Gasteiger partial charge in [0.1, 0.15) is 0 Å². The van der Waals surface area contributed by atoms with Crippen LogP contribution in [0, 0.1) is 0 Å². The summed E-state index contributed by atoms with van der Waals surface area (Å²) in [7, 11) is 0. The zero-order chi connectivity index (χ0) is 33.5. The van der Waals surface area contributed by atoms with E-state index in [1.54, 1.807) is 0 Å². The van der Waals surface area contributed by atoms with Crippen LogP contribution < -0.4 is 0 Å². The van der Waals surface area contributed by atoms with Crippen molar-refractivity contribution in [3.05, 3.63) is 161 Å². The third-order valence-electron chi connectivity index (χ3n) is 12.4. The molecule has 0 N–H and O–H groups in total. The van der Waals surface area contributed by atoms with Gasteiger partial charge in [0.15, 0.2) is 0 Å². The highest BCUT2D eigenvalue weighted by atomic mass is 15.0. The summed E-state index contributed by atoms with van der Waals surface area (Å²) in [4.78, 5) is 0. The Hall–Kier alpha value is -5.60. The molecular formula is C48H38N2. The predicted octanol–water partition coefficient (Wildman–Crippen LogP) is 12.3. The minimum Gasteiger partial charge on any atom is -0.310 e. The Bertz CT molecular complexity index is 2760. The van der Waals surface area contributed by atoms with E-state index in [0.29, 0.717) is 0 Å². The third kappa shape index (κ3) is 3.44. The maximum Gasteiger partial charge on any atom is 0.0541 e. The van der Waals surface area contributed by atoms with Crippen molar-refractivity contribution < 1.29 is 0 Å². The Morgan fingerprint density at radius 3 is 1.76 bits per heavy atom. The standard InChI is InChI=1S/C48H38N2/c1-47(2)39-25-22-30(50-43-19-11-7-15-33(43)34-16-8-12-20-44(34)50)28-37(39)45-40(47)26-23-35-36-27-29(21-24-38(36)48(3,4)46(35)45)49-41-17-9-5-13-31(41)32-14-6-10-18-42(32)49/h5,7-13,15-28H,6,14H2,1-4H3. The van der Waals surface area contributed by atoms with Crippen molar-refractivity contribution in [1.82, 2.24) is 9.13 Å². The van der Waals surface area contributed by atoms with Gasteiger partial charge in [0.05, 0.1) is 16.6 Å². The number of hydrogen-bond donors (Lipinski definition) is 0. The predicted molar refractivity (Wildman–Crippen MR) is 210 cm³/mol. The van der Waals surface area contributed by atoms with Crippen LogP contribution in [-0.2, 0) is 17.3 Å². The Morgan fingerprint density at radius 2 is 1.06 bits per heavy atom. The number of allylic oxidation sites excluding steroid dienone is 1. The molecule has 0 radical (unpaired) electrons. The van der Waals surface area contributed by atoms with Crippen LogP contribution in [0.2, 0.25) is 0 Å². The summed E-state index contributed by atoms with van der Waals surface area (Å²) >= 11 is 0. The summed E-state index contributed by atoms with van der Waals surface area (Å²) in [6.07, 6.45) is 6.87. The molecule has 0 bridgehead atoms. The van der Waals surface area contributed by atoms with Gasteiger partial charge >= 0.3 is 0 Å². The zero-order valence-corrected chi connectivity index (χ0v) is 29.0. The Morgan fingerprint density at radius 1 is 0.500 bits per heavy atom. The molecule has 240 valence electrons. The van der Waals surface area contributed by atoms with Gasteiger partial charge in [0.2, 0.25) is 0 Å². The average molecular weight is 643 g/mol. The van der Waals surface area contributed by atoms with Gasteiger partial charge < -0.3 is 9.13 Å². The lowest BCUT2D eigenvalue weighted by molar-refractivity contribution is 0.647. The molecule has 3 aliphatic rings. The van der Waals surface area contributed by atoms with Gasteiger partial charge in [0.25, 0.3) is 0 Å². The van der Waals surface area contributed by atoms with Crippen LogP contribution in [0.1, 0.15) is 67.6 Å². The van der Waals surface area contributed by atoms with E-state index in [0.717, 1.165) is 12.8 Å². The van der Waals surface area contributed by atoms with Crippen molar-refractivity contribution in [2.45, 2.75) is 51.4 Å². The average Bonchev–Trinajstić information content (AvgIpc) is 3.80. The van der Waals surface area contributed by atoms with Gasteiger partial charge in [-0.1, -0.05) is 113 Å². The summed E-state index contributed by atoms with van der Waals surface area (Å²) < 4.78 is 4.96. The molecule has 8 aromatic rings. The molecule has 2 nitrogen and oxygen atoms in total. The van der Waals surface area contributed by atoms with E-state index >= 15 is 0 Å². The van der Waals surface area contributed by atoms with Crippen LogP contribution in [0.5, 0.6) is 0 Å². The molecule has 0 amide bonds. The molecule has 0 saturated heterocycles. The van der Waals surface area contributed by atoms with Crippen LogP contribution in [0.4, 0.5) is 0 Å². The molecule has 0 fully saturated rings. The summed E-state index contributed by atoms with van der Waals surface area (Å²) in [6.45, 7) is 9.70. The van der Waals surface area contributed by atoms with Gasteiger partial charge in [0, 0.05) is 44.1 Å². The van der Waals surface area contributed by atoms with Crippen LogP contribution in [0.3, 0.4) is 0 Å². The molecule has 50 heavy (non-hydrogen) atoms. The Labute approximate surface area is 292 Å². The first kappa shape index (κ1) is 28.3. The summed E-state index contributed by atoms with van der Waals surface area (Å²) in [6, 6.07) is 45.9. The number of rotatable bonds is 2. The number of para-hydroxylation sites is 3. The van der Waals surface area contributed by atoms with Gasteiger partial charge in [-0.3, -0.25) is 0 Å². The molecule has 0 spiro atoms. The van der Waals surface area contributed by atoms with Crippen molar-refractivity contribution in [3.8, 4) is 33.6 Å². The van der Waals surface area contributed by atoms with E-state index in [1.807, 2.05) is 0 Å². The summed E-state index contributed by atoms with van der Waals surface area (Å²) in [5.74, 6) is 0. The fourth-order valence-electron chi connectivity index (χ4n) is 10.1. The molecule has 2 aromatic heterocycles. The molecule has 2 heterocycles. The minimum atomic E-state index is -0.146. The van der Waals surface area contributed by atoms with Crippen molar-refractivity contribution >= 4 is 38.8 Å². The largest absolute Gasteiger partial charge is 0.310 e. The topological polar surface area (TPSA) is 9.86 Å². The van der Waals surface area contributed by atoms with E-state index in [4.69, 9.17) is 0 Å². The van der Waals surface area contributed by atoms with Gasteiger partial charge in [-0.05, 0) is 111 Å². The van der Waals surface area contributed by atoms with Gasteiger partial charge in [-0.15, -0.1) is 0 Å². The fourth-order valence-corrected chi connectivity index (χ4v) is 10.1. The van der Waals surface area contributed by atoms with Crippen LogP contribution in [0.25, 0.3) is 72.4 Å². The SMILES string of the molecule is CC1(C)c2ccc(-n3c4ccccc4c4ccccc43)cc2-c2c1ccc1c2C(C)(C)c2ccc(-n3c4c(c5ccccc53)CCC=C4)cc2-1. The summed E-state index contributed by atoms with van der Waals surface area (Å²) in [5.41, 5.74) is 20.1. The molecule has 0 saturated carbocycles. The van der Waals surface area contributed by atoms with Gasteiger partial charge in [-0.2, -0.15) is 0 Å². The van der Waals surface area contributed by atoms with Crippen molar-refractivity contribution in [1.29, 1.82) is 0 Å². The zero-order valence-electron chi connectivity index (χ0n) is 29.0. The quantitative estimate of drug-likeness (QED) is 0.178. The Kier molecular flexibility index (Phi) is 5.40. The van der Waals surface area contributed by atoms with Crippen LogP contribution in [-0.4, -0.2) is 9.13 Å². The number of aromatic nitrogens is 2. The molecular weight excluding hydrogens is 605 g/mol. The lowest BCUT2D eigenvalue weighted by Crippen LogP contribution is -2.18. The molecule has 0 aliphatic heterocycles. The Balaban J connectivity index is 1.15. The van der Waals surface area contributed by atoms with Gasteiger partial charge in [-0.25, -0.2) is 0 Å². The number of hydrogen-bond acceptors (Lipinski definition) is 0. The second kappa shape index (κ2) is 9.55. The van der Waals surface area contributed by atoms with E-state index in [2.05, 4.69) is 170 Å². The molecule has 11 rings (SSSR count). The van der Waals surface area contributed by atoms with E-state index in [-0.39, 0.29) is 10.8 Å². The molecule has 2 heteroatoms. The fraction of sp³-hybridized carbons (Fsp3) is 0.167. The minimum absolute atomic E-state index is 0.0927. The highest BCUT2D eigenvalue weighted by Gasteiger charge is 2.44. The maximum atomic E-state index is 2.50. The first-order chi connectivity index (χ1) is 24.3. The van der Waals surface area contributed by atoms with E-state index in [1.165, 1.54) is 99.8 Å². The maximum absolute atomic E-state index is 2.50. The van der Waals surface area contributed by atoms with Crippen LogP contribution in [0.15, 0.2) is 127 Å². The number of aryl methyl sites for hydroxylation is 1. The van der Waals surface area contributed by atoms with Crippen LogP contribution >= 0.6 is 0 Å². The monoisotopic (exact) mass is 642 g/mol. The third-order valence-corrected chi connectivity index (χ3v) is 12.4. The number of nitrogens with zero attached hydrogens (tertiary/aromatic N) is 2. The number of benzene rings is 6. The first-order valence-corrected chi connectivity index (χ1v) is 18.1. The molecule has 0 atom stereocenters. The second-order valence-corrected chi connectivity index (χ2v) is 15.6. The normalized spacial score (nSPS) is 16.1. The highest BCUT2D eigenvalue weighted by molar-refractivity contribution is 6.09. The van der Waals surface area contributed by atoms with E-state index in [9.17, 15) is 0 Å². The first-order valence-electron chi connectivity index (χ1n) is 18.1. The van der Waals surface area contributed by atoms with Crippen molar-refractivity contribution in [2.24, 2.45) is 0 Å². The molecule has 3 aliphatic carbocycles. The van der Waals surface area contributed by atoms with E-state index < -0.39 is 0 Å². The second-order valence-electron chi connectivity index (χ2n) is 15.6. The van der Waals surface area contributed by atoms with Crippen molar-refractivity contribution in [3.63, 3.8) is 0 Å². The smallest absolute Gasteiger partial charge is 0.0541 e. The highest BCUT2D eigenvalue weighted by Crippen LogP contribution is 2.59. The lowest BCUT2D eigenvalue weighted by atomic mass is 9.77. The molecule has 0 unspecified atom stereocenters. The van der Waals surface area contributed by atoms with Crippen molar-refractivity contribution in [2.75, 3.05) is 0 Å². The lowest BCUT2D eigenvalue weighted by Gasteiger charge is -2.26. The number of fused-ring (bicyclic) bond motifs is 13. The summed E-state index contributed by atoms with van der Waals surface area (Å²) in [5, 5.41) is 3.97.